The molecule has 9 nitrogen and oxygen atoms in total. The van der Waals surface area contributed by atoms with Crippen LogP contribution in [0.5, 0.6) is 0 Å². The first-order chi connectivity index (χ1) is 15.3. The molecule has 0 aliphatic carbocycles. The van der Waals surface area contributed by atoms with E-state index in [4.69, 9.17) is 9.47 Å². The number of nitrogens with one attached hydrogen (secondary N) is 1. The number of esters is 2. The molecule has 2 aliphatic rings. The summed E-state index contributed by atoms with van der Waals surface area (Å²) >= 11 is 0. The van der Waals surface area contributed by atoms with Crippen molar-refractivity contribution in [3.63, 3.8) is 0 Å². The highest BCUT2D eigenvalue weighted by Crippen LogP contribution is 2.23. The largest absolute Gasteiger partial charge is 0.458 e. The second-order valence-electron chi connectivity index (χ2n) is 10.8. The summed E-state index contributed by atoms with van der Waals surface area (Å²) < 4.78 is 10.9. The molecule has 0 aromatic carbocycles. The molecule has 9 heteroatoms. The first-order valence-electron chi connectivity index (χ1n) is 12.0. The van der Waals surface area contributed by atoms with E-state index in [0.29, 0.717) is 39.0 Å². The lowest BCUT2D eigenvalue weighted by atomic mass is 10.1. The normalized spacial score (nSPS) is 21.3. The standard InChI is InChI=1S/C24H41N3O6/c1-23(2,3)32-21(30)17-9-7-15-26(17)19(28)11-13-25-14-12-20(29)27-16-8-10-18(27)22(31)33-24(4,5)6/h17-18,25H,7-16H2,1-6H3/t17-,18-/m1/s1. The quantitative estimate of drug-likeness (QED) is 0.430. The zero-order valence-corrected chi connectivity index (χ0v) is 21.1. The van der Waals surface area contributed by atoms with Crippen molar-refractivity contribution in [2.45, 2.75) is 103 Å². The summed E-state index contributed by atoms with van der Waals surface area (Å²) in [6.07, 6.45) is 3.31. The zero-order chi connectivity index (χ0) is 24.8. The lowest BCUT2D eigenvalue weighted by Gasteiger charge is -2.28. The Morgan fingerprint density at radius 2 is 1.09 bits per heavy atom. The van der Waals surface area contributed by atoms with E-state index in [1.165, 1.54) is 0 Å². The Morgan fingerprint density at radius 1 is 0.727 bits per heavy atom. The number of amides is 2. The number of hydrogen-bond donors (Lipinski definition) is 1. The molecule has 0 radical (unpaired) electrons. The molecule has 2 heterocycles. The molecule has 0 aromatic heterocycles. The smallest absolute Gasteiger partial charge is 0.329 e. The Hall–Kier alpha value is -2.16. The summed E-state index contributed by atoms with van der Waals surface area (Å²) in [6, 6.07) is -1.03. The molecular formula is C24H41N3O6. The average Bonchev–Trinajstić information content (AvgIpc) is 3.34. The molecule has 2 aliphatic heterocycles. The van der Waals surface area contributed by atoms with Crippen molar-refractivity contribution < 1.29 is 28.7 Å². The van der Waals surface area contributed by atoms with Gasteiger partial charge in [-0.15, -0.1) is 0 Å². The highest BCUT2D eigenvalue weighted by atomic mass is 16.6. The lowest BCUT2D eigenvalue weighted by Crippen LogP contribution is -2.45. The maximum atomic E-state index is 12.6. The van der Waals surface area contributed by atoms with Crippen LogP contribution in [0.4, 0.5) is 0 Å². The third-order valence-electron chi connectivity index (χ3n) is 5.54. The summed E-state index contributed by atoms with van der Waals surface area (Å²) in [7, 11) is 0. The number of carbonyl (C=O) groups excluding carboxylic acids is 4. The van der Waals surface area contributed by atoms with Crippen LogP contribution in [0.25, 0.3) is 0 Å². The van der Waals surface area contributed by atoms with E-state index in [0.717, 1.165) is 12.8 Å². The van der Waals surface area contributed by atoms with Crippen molar-refractivity contribution in [2.24, 2.45) is 0 Å². The van der Waals surface area contributed by atoms with Gasteiger partial charge in [-0.25, -0.2) is 9.59 Å². The Balaban J connectivity index is 1.72. The van der Waals surface area contributed by atoms with E-state index in [9.17, 15) is 19.2 Å². The van der Waals surface area contributed by atoms with Crippen LogP contribution in [0, 0.1) is 0 Å². The molecule has 188 valence electrons. The average molecular weight is 468 g/mol. The molecule has 0 bridgehead atoms. The van der Waals surface area contributed by atoms with Crippen LogP contribution in [0.2, 0.25) is 0 Å². The van der Waals surface area contributed by atoms with Crippen molar-refractivity contribution >= 4 is 23.8 Å². The molecular weight excluding hydrogens is 426 g/mol. The fourth-order valence-electron chi connectivity index (χ4n) is 4.16. The Morgan fingerprint density at radius 3 is 1.42 bits per heavy atom. The molecule has 33 heavy (non-hydrogen) atoms. The van der Waals surface area contributed by atoms with Gasteiger partial charge in [0.05, 0.1) is 0 Å². The van der Waals surface area contributed by atoms with E-state index < -0.39 is 23.3 Å². The third kappa shape index (κ3) is 8.61. The van der Waals surface area contributed by atoms with Gasteiger partial charge in [0.25, 0.3) is 0 Å². The van der Waals surface area contributed by atoms with Gasteiger partial charge in [0.1, 0.15) is 23.3 Å². The van der Waals surface area contributed by atoms with Gasteiger partial charge in [0.15, 0.2) is 0 Å². The van der Waals surface area contributed by atoms with E-state index in [2.05, 4.69) is 5.32 Å². The van der Waals surface area contributed by atoms with Crippen molar-refractivity contribution in [1.82, 2.24) is 15.1 Å². The lowest BCUT2D eigenvalue weighted by molar-refractivity contribution is -0.163. The van der Waals surface area contributed by atoms with Gasteiger partial charge >= 0.3 is 11.9 Å². The predicted molar refractivity (Wildman–Crippen MR) is 123 cm³/mol. The fourth-order valence-corrected chi connectivity index (χ4v) is 4.16. The Labute approximate surface area is 197 Å². The predicted octanol–water partition coefficient (Wildman–Crippen LogP) is 2.02. The summed E-state index contributed by atoms with van der Waals surface area (Å²) in [6.45, 7) is 12.8. The highest BCUT2D eigenvalue weighted by molar-refractivity contribution is 5.86. The van der Waals surface area contributed by atoms with Gasteiger partial charge in [-0.05, 0) is 67.2 Å². The first kappa shape index (κ1) is 27.1. The van der Waals surface area contributed by atoms with E-state index in [1.807, 2.05) is 41.5 Å². The molecule has 0 aromatic rings. The highest BCUT2D eigenvalue weighted by Gasteiger charge is 2.37. The number of carbonyl (C=O) groups is 4. The third-order valence-corrected chi connectivity index (χ3v) is 5.54. The fraction of sp³-hybridized carbons (Fsp3) is 0.833. The second-order valence-corrected chi connectivity index (χ2v) is 10.8. The molecule has 1 N–H and O–H groups in total. The molecule has 2 saturated heterocycles. The number of rotatable bonds is 8. The van der Waals surface area contributed by atoms with Crippen molar-refractivity contribution in [3.8, 4) is 0 Å². The van der Waals surface area contributed by atoms with Crippen LogP contribution in [0.15, 0.2) is 0 Å². The van der Waals surface area contributed by atoms with Gasteiger partial charge in [-0.2, -0.15) is 0 Å². The van der Waals surface area contributed by atoms with Crippen LogP contribution < -0.4 is 5.32 Å². The van der Waals surface area contributed by atoms with Crippen molar-refractivity contribution in [3.05, 3.63) is 0 Å². The SMILES string of the molecule is CC(C)(C)OC(=O)[C@H]1CCCN1C(=O)CCNCCC(=O)N1CCC[C@@H]1C(=O)OC(C)(C)C. The molecule has 2 amide bonds. The van der Waals surface area contributed by atoms with Crippen LogP contribution in [0.3, 0.4) is 0 Å². The number of likely N-dealkylation sites (tertiary alicyclic amines) is 2. The zero-order valence-electron chi connectivity index (χ0n) is 21.1. The van der Waals surface area contributed by atoms with Crippen molar-refractivity contribution in [2.75, 3.05) is 26.2 Å². The van der Waals surface area contributed by atoms with Crippen LogP contribution in [-0.4, -0.2) is 83.0 Å². The van der Waals surface area contributed by atoms with E-state index in [1.54, 1.807) is 9.80 Å². The molecule has 2 atom stereocenters. The first-order valence-corrected chi connectivity index (χ1v) is 12.0. The van der Waals surface area contributed by atoms with Gasteiger partial charge in [0, 0.05) is 39.0 Å². The van der Waals surface area contributed by atoms with Crippen LogP contribution in [0.1, 0.15) is 80.1 Å². The molecule has 2 fully saturated rings. The number of nitrogens with zero attached hydrogens (tertiary/aromatic N) is 2. The summed E-state index contributed by atoms with van der Waals surface area (Å²) in [4.78, 5) is 53.2. The van der Waals surface area contributed by atoms with Gasteiger partial charge < -0.3 is 24.6 Å². The minimum atomic E-state index is -0.583. The Bertz CT molecular complexity index is 665. The maximum Gasteiger partial charge on any atom is 0.329 e. The molecule has 0 saturated carbocycles. The Kier molecular flexibility index (Phi) is 9.29. The molecule has 0 spiro atoms. The van der Waals surface area contributed by atoms with E-state index >= 15 is 0 Å². The minimum absolute atomic E-state index is 0.0910. The summed E-state index contributed by atoms with van der Waals surface area (Å²) in [5, 5.41) is 3.13. The number of ether oxygens (including phenoxy) is 2. The maximum absolute atomic E-state index is 12.6. The topological polar surface area (TPSA) is 105 Å². The van der Waals surface area contributed by atoms with Gasteiger partial charge in [0.2, 0.25) is 11.8 Å². The van der Waals surface area contributed by atoms with E-state index in [-0.39, 0.29) is 36.6 Å². The molecule has 2 rings (SSSR count). The van der Waals surface area contributed by atoms with Gasteiger partial charge in [-0.1, -0.05) is 0 Å². The number of hydrogen-bond acceptors (Lipinski definition) is 7. The van der Waals surface area contributed by atoms with Crippen LogP contribution >= 0.6 is 0 Å². The second kappa shape index (κ2) is 11.3. The summed E-state index contributed by atoms with van der Waals surface area (Å²) in [5.74, 6) is -0.882. The minimum Gasteiger partial charge on any atom is -0.458 e. The molecule has 0 unspecified atom stereocenters. The summed E-state index contributed by atoms with van der Waals surface area (Å²) in [5.41, 5.74) is -1.17. The van der Waals surface area contributed by atoms with Crippen LogP contribution in [-0.2, 0) is 28.7 Å². The monoisotopic (exact) mass is 467 g/mol. The van der Waals surface area contributed by atoms with Gasteiger partial charge in [-0.3, -0.25) is 9.59 Å². The van der Waals surface area contributed by atoms with Crippen molar-refractivity contribution in [1.29, 1.82) is 0 Å².